The SMILES string of the molecule is COC(=O)[C@]12CCCCC=C1N(Cc1ccccc1)C(=O)[C@H](CC(=O)N1CCCCC1)C2. The number of likely N-dealkylation sites (tertiary alicyclic amines) is 2. The molecule has 3 aliphatic rings. The third kappa shape index (κ3) is 4.45. The first-order valence-corrected chi connectivity index (χ1v) is 12.0. The number of carbonyl (C=O) groups excluding carboxylic acids is 3. The molecule has 2 amide bonds. The maximum atomic E-state index is 13.7. The molecule has 6 nitrogen and oxygen atoms in total. The minimum Gasteiger partial charge on any atom is -0.468 e. The van der Waals surface area contributed by atoms with Crippen LogP contribution in [-0.2, 0) is 25.7 Å². The zero-order valence-corrected chi connectivity index (χ0v) is 19.1. The summed E-state index contributed by atoms with van der Waals surface area (Å²) in [5, 5.41) is 0. The Labute approximate surface area is 190 Å². The molecule has 2 atom stereocenters. The summed E-state index contributed by atoms with van der Waals surface area (Å²) in [4.78, 5) is 43.7. The Morgan fingerprint density at radius 2 is 1.81 bits per heavy atom. The number of methoxy groups -OCH3 is 1. The monoisotopic (exact) mass is 438 g/mol. The average molecular weight is 439 g/mol. The predicted octanol–water partition coefficient (Wildman–Crippen LogP) is 4.06. The van der Waals surface area contributed by atoms with E-state index in [-0.39, 0.29) is 24.2 Å². The minimum absolute atomic E-state index is 0.0313. The van der Waals surface area contributed by atoms with Gasteiger partial charge in [-0.15, -0.1) is 0 Å². The standard InChI is InChI=1S/C26H34N2O4/c1-32-25(31)26-14-8-3-7-13-22(26)28(19-20-11-5-2-6-12-20)24(30)21(18-26)17-23(29)27-15-9-4-10-16-27/h2,5-6,11-13,21H,3-4,7-10,14-19H2,1H3/t21-,26+/m1/s1. The fourth-order valence-electron chi connectivity index (χ4n) is 5.61. The third-order valence-electron chi connectivity index (χ3n) is 7.28. The molecule has 0 radical (unpaired) electrons. The van der Waals surface area contributed by atoms with Crippen molar-refractivity contribution in [2.24, 2.45) is 11.3 Å². The first kappa shape index (κ1) is 22.6. The van der Waals surface area contributed by atoms with Crippen LogP contribution in [0.25, 0.3) is 0 Å². The zero-order chi connectivity index (χ0) is 22.6. The van der Waals surface area contributed by atoms with Crippen LogP contribution >= 0.6 is 0 Å². The largest absolute Gasteiger partial charge is 0.468 e. The van der Waals surface area contributed by atoms with Crippen molar-refractivity contribution in [1.29, 1.82) is 0 Å². The van der Waals surface area contributed by atoms with Gasteiger partial charge in [0, 0.05) is 31.1 Å². The molecule has 1 aromatic rings. The van der Waals surface area contributed by atoms with Crippen LogP contribution in [0.15, 0.2) is 42.1 Å². The van der Waals surface area contributed by atoms with Crippen LogP contribution in [0.4, 0.5) is 0 Å². The zero-order valence-electron chi connectivity index (χ0n) is 19.1. The molecule has 0 spiro atoms. The van der Waals surface area contributed by atoms with Gasteiger partial charge < -0.3 is 14.5 Å². The molecule has 4 rings (SSSR count). The summed E-state index contributed by atoms with van der Waals surface area (Å²) in [5.41, 5.74) is 0.922. The van der Waals surface area contributed by atoms with Crippen molar-refractivity contribution in [3.05, 3.63) is 47.7 Å². The number of benzene rings is 1. The first-order valence-electron chi connectivity index (χ1n) is 12.0. The molecule has 2 heterocycles. The number of nitrogens with zero attached hydrogens (tertiary/aromatic N) is 2. The predicted molar refractivity (Wildman–Crippen MR) is 121 cm³/mol. The van der Waals surface area contributed by atoms with Crippen molar-refractivity contribution in [3.63, 3.8) is 0 Å². The summed E-state index contributed by atoms with van der Waals surface area (Å²) in [7, 11) is 1.42. The second-order valence-corrected chi connectivity index (χ2v) is 9.37. The Balaban J connectivity index is 1.67. The van der Waals surface area contributed by atoms with E-state index in [0.29, 0.717) is 19.4 Å². The highest BCUT2D eigenvalue weighted by atomic mass is 16.5. The van der Waals surface area contributed by atoms with E-state index in [2.05, 4.69) is 6.08 Å². The number of piperidine rings is 2. The van der Waals surface area contributed by atoms with Gasteiger partial charge >= 0.3 is 5.97 Å². The van der Waals surface area contributed by atoms with E-state index >= 15 is 0 Å². The Morgan fingerprint density at radius 1 is 1.06 bits per heavy atom. The molecule has 6 heteroatoms. The molecule has 0 unspecified atom stereocenters. The smallest absolute Gasteiger partial charge is 0.317 e. The molecule has 0 N–H and O–H groups in total. The van der Waals surface area contributed by atoms with E-state index in [9.17, 15) is 14.4 Å². The summed E-state index contributed by atoms with van der Waals surface area (Å²) in [5.74, 6) is -0.815. The van der Waals surface area contributed by atoms with Crippen LogP contribution in [0.5, 0.6) is 0 Å². The molecule has 2 saturated heterocycles. The van der Waals surface area contributed by atoms with Gasteiger partial charge in [-0.2, -0.15) is 0 Å². The van der Waals surface area contributed by atoms with Crippen LogP contribution < -0.4 is 0 Å². The fraction of sp³-hybridized carbons (Fsp3) is 0.577. The molecule has 0 aromatic heterocycles. The molecule has 1 aromatic carbocycles. The molecule has 32 heavy (non-hydrogen) atoms. The summed E-state index contributed by atoms with van der Waals surface area (Å²) in [6.07, 6.45) is 9.13. The topological polar surface area (TPSA) is 66.9 Å². The third-order valence-corrected chi connectivity index (χ3v) is 7.28. The lowest BCUT2D eigenvalue weighted by Gasteiger charge is -2.46. The molecule has 0 bridgehead atoms. The number of esters is 1. The van der Waals surface area contributed by atoms with Crippen molar-refractivity contribution < 1.29 is 19.1 Å². The highest BCUT2D eigenvalue weighted by molar-refractivity contribution is 5.92. The Bertz CT molecular complexity index is 875. The number of ether oxygens (including phenoxy) is 1. The van der Waals surface area contributed by atoms with Crippen molar-refractivity contribution in [1.82, 2.24) is 9.80 Å². The van der Waals surface area contributed by atoms with E-state index in [4.69, 9.17) is 4.74 Å². The molecule has 2 fully saturated rings. The highest BCUT2D eigenvalue weighted by Crippen LogP contribution is 2.49. The Morgan fingerprint density at radius 3 is 2.53 bits per heavy atom. The van der Waals surface area contributed by atoms with Gasteiger partial charge in [0.15, 0.2) is 0 Å². The van der Waals surface area contributed by atoms with Crippen molar-refractivity contribution in [2.75, 3.05) is 20.2 Å². The van der Waals surface area contributed by atoms with Gasteiger partial charge in [0.1, 0.15) is 5.41 Å². The van der Waals surface area contributed by atoms with Gasteiger partial charge in [-0.3, -0.25) is 14.4 Å². The van der Waals surface area contributed by atoms with E-state index in [1.807, 2.05) is 35.2 Å². The number of hydrogen-bond acceptors (Lipinski definition) is 4. The summed E-state index contributed by atoms with van der Waals surface area (Å²) >= 11 is 0. The van der Waals surface area contributed by atoms with Crippen LogP contribution in [0.3, 0.4) is 0 Å². The number of fused-ring (bicyclic) bond motifs is 1. The number of hydrogen-bond donors (Lipinski definition) is 0. The van der Waals surface area contributed by atoms with Crippen LogP contribution in [0, 0.1) is 11.3 Å². The van der Waals surface area contributed by atoms with E-state index in [1.54, 1.807) is 4.90 Å². The maximum absolute atomic E-state index is 13.7. The number of carbonyl (C=O) groups is 3. The number of amides is 2. The highest BCUT2D eigenvalue weighted by Gasteiger charge is 2.54. The quantitative estimate of drug-likeness (QED) is 0.651. The van der Waals surface area contributed by atoms with Crippen molar-refractivity contribution in [3.8, 4) is 0 Å². The number of allylic oxidation sites excluding steroid dienone is 1. The Kier molecular flexibility index (Phi) is 6.97. The normalized spacial score (nSPS) is 26.1. The van der Waals surface area contributed by atoms with Gasteiger partial charge in [0.25, 0.3) is 0 Å². The van der Waals surface area contributed by atoms with E-state index in [0.717, 1.165) is 62.9 Å². The van der Waals surface area contributed by atoms with E-state index in [1.165, 1.54) is 7.11 Å². The van der Waals surface area contributed by atoms with Gasteiger partial charge in [0.05, 0.1) is 13.7 Å². The maximum Gasteiger partial charge on any atom is 0.317 e. The second kappa shape index (κ2) is 9.88. The van der Waals surface area contributed by atoms with Crippen molar-refractivity contribution in [2.45, 2.75) is 64.3 Å². The van der Waals surface area contributed by atoms with Gasteiger partial charge in [-0.25, -0.2) is 0 Å². The summed E-state index contributed by atoms with van der Waals surface area (Å²) in [6.45, 7) is 1.93. The van der Waals surface area contributed by atoms with Crippen molar-refractivity contribution >= 4 is 17.8 Å². The Hall–Kier alpha value is -2.63. The molecule has 0 saturated carbocycles. The van der Waals surface area contributed by atoms with Gasteiger partial charge in [0.2, 0.25) is 11.8 Å². The molecule has 2 aliphatic heterocycles. The van der Waals surface area contributed by atoms with E-state index < -0.39 is 11.3 Å². The summed E-state index contributed by atoms with van der Waals surface area (Å²) in [6, 6.07) is 9.84. The van der Waals surface area contributed by atoms with Gasteiger partial charge in [-0.05, 0) is 50.5 Å². The molecule has 1 aliphatic carbocycles. The fourth-order valence-corrected chi connectivity index (χ4v) is 5.61. The summed E-state index contributed by atoms with van der Waals surface area (Å²) < 4.78 is 5.30. The lowest BCUT2D eigenvalue weighted by atomic mass is 9.69. The molecular weight excluding hydrogens is 404 g/mol. The lowest BCUT2D eigenvalue weighted by Crippen LogP contribution is -2.53. The lowest BCUT2D eigenvalue weighted by molar-refractivity contribution is -0.160. The average Bonchev–Trinajstić information content (AvgIpc) is 3.05. The van der Waals surface area contributed by atoms with Crippen LogP contribution in [0.1, 0.15) is 63.4 Å². The van der Waals surface area contributed by atoms with Crippen LogP contribution in [-0.4, -0.2) is 47.8 Å². The van der Waals surface area contributed by atoms with Crippen LogP contribution in [0.2, 0.25) is 0 Å². The first-order chi connectivity index (χ1) is 15.5. The molecule has 172 valence electrons. The second-order valence-electron chi connectivity index (χ2n) is 9.37. The molecular formula is C26H34N2O4. The minimum atomic E-state index is -0.860. The van der Waals surface area contributed by atoms with Gasteiger partial charge in [-0.1, -0.05) is 42.8 Å². The number of rotatable bonds is 5.